The van der Waals surface area contributed by atoms with Crippen molar-refractivity contribution in [3.05, 3.63) is 96.6 Å². The summed E-state index contributed by atoms with van der Waals surface area (Å²) in [5, 5.41) is 2.15. The molecular formula is C34H42O5Si. The number of hydrogen-bond acceptors (Lipinski definition) is 5. The number of Topliss-reactive ketones (excluding diaryl/α,β-unsaturated/α-hetero) is 2. The lowest BCUT2D eigenvalue weighted by atomic mass is 10.0. The number of hydrogen-bond donors (Lipinski definition) is 0. The first-order valence-electron chi connectivity index (χ1n) is 14.3. The second-order valence-corrected chi connectivity index (χ2v) is 16.2. The summed E-state index contributed by atoms with van der Waals surface area (Å²) in [6, 6.07) is 30.5. The Balaban J connectivity index is 1.42. The molecule has 4 atom stereocenters. The second-order valence-electron chi connectivity index (χ2n) is 11.9. The molecule has 1 fully saturated rings. The molecule has 0 saturated carbocycles. The van der Waals surface area contributed by atoms with Gasteiger partial charge in [0.2, 0.25) is 0 Å². The Hall–Kier alpha value is -2.90. The van der Waals surface area contributed by atoms with E-state index < -0.39 is 14.6 Å². The summed E-state index contributed by atoms with van der Waals surface area (Å²) >= 11 is 0. The van der Waals surface area contributed by atoms with Crippen LogP contribution in [0.5, 0.6) is 0 Å². The van der Waals surface area contributed by atoms with Crippen LogP contribution in [0.25, 0.3) is 0 Å². The maximum atomic E-state index is 13.1. The van der Waals surface area contributed by atoms with Crippen LogP contribution < -0.4 is 10.4 Å². The van der Waals surface area contributed by atoms with Crippen molar-refractivity contribution in [3.63, 3.8) is 0 Å². The van der Waals surface area contributed by atoms with E-state index in [1.54, 1.807) is 0 Å². The largest absolute Gasteiger partial charge is 0.404 e. The van der Waals surface area contributed by atoms with Crippen molar-refractivity contribution >= 4 is 30.3 Å². The summed E-state index contributed by atoms with van der Waals surface area (Å²) in [6.07, 6.45) is -0.254. The zero-order valence-electron chi connectivity index (χ0n) is 24.3. The third-order valence-corrected chi connectivity index (χ3v) is 12.7. The van der Waals surface area contributed by atoms with Crippen LogP contribution in [0.3, 0.4) is 0 Å². The summed E-state index contributed by atoms with van der Waals surface area (Å²) < 4.78 is 19.1. The SMILES string of the molecule is CC(CC(=O)CC(=O)C[C@@H]1C[C@H](C)O[C@H](c2ccccc2)O1)O[Si](c1ccccc1)(c1ccccc1)C(C)(C)C. The van der Waals surface area contributed by atoms with E-state index in [1.165, 1.54) is 10.4 Å². The molecule has 3 aromatic rings. The van der Waals surface area contributed by atoms with Gasteiger partial charge >= 0.3 is 0 Å². The molecule has 0 aliphatic carbocycles. The molecule has 5 nitrogen and oxygen atoms in total. The molecule has 0 spiro atoms. The van der Waals surface area contributed by atoms with E-state index in [9.17, 15) is 9.59 Å². The van der Waals surface area contributed by atoms with Gasteiger partial charge in [0, 0.05) is 30.9 Å². The molecule has 0 aromatic heterocycles. The average molecular weight is 559 g/mol. The minimum Gasteiger partial charge on any atom is -0.404 e. The number of rotatable bonds is 11. The molecule has 212 valence electrons. The van der Waals surface area contributed by atoms with Gasteiger partial charge in [-0.3, -0.25) is 9.59 Å². The molecule has 1 heterocycles. The normalized spacial score (nSPS) is 20.6. The minimum absolute atomic E-state index is 0.0349. The molecule has 6 heteroatoms. The molecule has 0 bridgehead atoms. The number of ketones is 2. The molecule has 0 radical (unpaired) electrons. The molecule has 0 amide bonds. The van der Waals surface area contributed by atoms with Crippen LogP contribution >= 0.6 is 0 Å². The van der Waals surface area contributed by atoms with E-state index in [2.05, 4.69) is 45.0 Å². The van der Waals surface area contributed by atoms with Crippen LogP contribution in [-0.4, -0.2) is 38.2 Å². The topological polar surface area (TPSA) is 61.8 Å². The van der Waals surface area contributed by atoms with Crippen molar-refractivity contribution in [2.75, 3.05) is 0 Å². The third kappa shape index (κ3) is 7.24. The lowest BCUT2D eigenvalue weighted by molar-refractivity contribution is -0.243. The first-order chi connectivity index (χ1) is 19.1. The molecule has 1 unspecified atom stereocenters. The van der Waals surface area contributed by atoms with Gasteiger partial charge in [0.25, 0.3) is 8.32 Å². The Labute approximate surface area is 240 Å². The van der Waals surface area contributed by atoms with Crippen molar-refractivity contribution in [1.29, 1.82) is 0 Å². The molecular weight excluding hydrogens is 516 g/mol. The first-order valence-corrected chi connectivity index (χ1v) is 16.2. The Morgan fingerprint density at radius 2 is 1.38 bits per heavy atom. The highest BCUT2D eigenvalue weighted by Crippen LogP contribution is 2.38. The summed E-state index contributed by atoms with van der Waals surface area (Å²) in [7, 11) is -2.77. The summed E-state index contributed by atoms with van der Waals surface area (Å²) in [6.45, 7) is 10.6. The predicted molar refractivity (Wildman–Crippen MR) is 161 cm³/mol. The highest BCUT2D eigenvalue weighted by atomic mass is 28.4. The number of ether oxygens (including phenoxy) is 2. The van der Waals surface area contributed by atoms with Crippen molar-refractivity contribution in [2.45, 2.75) is 89.9 Å². The number of carbonyl (C=O) groups is 2. The van der Waals surface area contributed by atoms with Crippen molar-refractivity contribution in [2.24, 2.45) is 0 Å². The zero-order chi connectivity index (χ0) is 28.8. The molecule has 4 rings (SSSR count). The van der Waals surface area contributed by atoms with Crippen LogP contribution in [0, 0.1) is 0 Å². The van der Waals surface area contributed by atoms with E-state index in [0.717, 1.165) is 5.56 Å². The van der Waals surface area contributed by atoms with Crippen molar-refractivity contribution in [1.82, 2.24) is 0 Å². The van der Waals surface area contributed by atoms with E-state index in [0.29, 0.717) is 6.42 Å². The van der Waals surface area contributed by atoms with Gasteiger partial charge < -0.3 is 13.9 Å². The fraction of sp³-hybridized carbons (Fsp3) is 0.412. The van der Waals surface area contributed by atoms with Gasteiger partial charge in [0.05, 0.1) is 18.6 Å². The monoisotopic (exact) mass is 558 g/mol. The van der Waals surface area contributed by atoms with Crippen LogP contribution in [0.2, 0.25) is 5.04 Å². The molecule has 1 aliphatic heterocycles. The van der Waals surface area contributed by atoms with Crippen molar-refractivity contribution in [3.8, 4) is 0 Å². The quantitative estimate of drug-likeness (QED) is 0.209. The maximum absolute atomic E-state index is 13.1. The predicted octanol–water partition coefficient (Wildman–Crippen LogP) is 6.15. The smallest absolute Gasteiger partial charge is 0.261 e. The minimum atomic E-state index is -2.77. The first kappa shape index (κ1) is 30.1. The zero-order valence-corrected chi connectivity index (χ0v) is 25.3. The number of carbonyl (C=O) groups excluding carboxylic acids is 2. The van der Waals surface area contributed by atoms with Crippen LogP contribution in [0.15, 0.2) is 91.0 Å². The van der Waals surface area contributed by atoms with Gasteiger partial charge in [-0.2, -0.15) is 0 Å². The standard InChI is InChI=1S/C34H42O5Si/c1-25-22-30(38-33(37-25)27-15-9-6-10-16-27)24-29(36)23-28(35)21-26(2)39-40(34(3,4)5,31-17-11-7-12-18-31)32-19-13-8-14-20-32/h6-20,25-26,30,33H,21-24H2,1-5H3/t25-,26?,30-,33-/m0/s1. The Morgan fingerprint density at radius 1 is 0.850 bits per heavy atom. The molecule has 1 aliphatic rings. The third-order valence-electron chi connectivity index (χ3n) is 7.50. The maximum Gasteiger partial charge on any atom is 0.261 e. The summed E-state index contributed by atoms with van der Waals surface area (Å²) in [4.78, 5) is 26.1. The van der Waals surface area contributed by atoms with Gasteiger partial charge in [0.15, 0.2) is 6.29 Å². The lowest BCUT2D eigenvalue weighted by Gasteiger charge is -2.44. The molecule has 3 aromatic carbocycles. The van der Waals surface area contributed by atoms with Gasteiger partial charge in [-0.25, -0.2) is 0 Å². The highest BCUT2D eigenvalue weighted by molar-refractivity contribution is 6.99. The molecule has 1 saturated heterocycles. The van der Waals surface area contributed by atoms with E-state index in [-0.39, 0.29) is 54.2 Å². The van der Waals surface area contributed by atoms with Gasteiger partial charge in [-0.15, -0.1) is 0 Å². The fourth-order valence-corrected chi connectivity index (χ4v) is 10.5. The highest BCUT2D eigenvalue weighted by Gasteiger charge is 2.51. The Kier molecular flexibility index (Phi) is 9.90. The van der Waals surface area contributed by atoms with Crippen molar-refractivity contribution < 1.29 is 23.5 Å². The van der Waals surface area contributed by atoms with Crippen LogP contribution in [0.4, 0.5) is 0 Å². The van der Waals surface area contributed by atoms with E-state index >= 15 is 0 Å². The Morgan fingerprint density at radius 3 is 1.90 bits per heavy atom. The van der Waals surface area contributed by atoms with E-state index in [4.69, 9.17) is 13.9 Å². The number of benzene rings is 3. The second kappa shape index (κ2) is 13.2. The van der Waals surface area contributed by atoms with Gasteiger partial charge in [-0.1, -0.05) is 112 Å². The van der Waals surface area contributed by atoms with E-state index in [1.807, 2.05) is 80.6 Å². The van der Waals surface area contributed by atoms with Gasteiger partial charge in [-0.05, 0) is 29.3 Å². The summed E-state index contributed by atoms with van der Waals surface area (Å²) in [5.74, 6) is -0.205. The van der Waals surface area contributed by atoms with Crippen LogP contribution in [0.1, 0.15) is 72.2 Å². The van der Waals surface area contributed by atoms with Crippen LogP contribution in [-0.2, 0) is 23.5 Å². The average Bonchev–Trinajstić information content (AvgIpc) is 2.92. The van der Waals surface area contributed by atoms with Gasteiger partial charge in [0.1, 0.15) is 11.6 Å². The molecule has 0 N–H and O–H groups in total. The Bertz CT molecular complexity index is 1200. The summed E-state index contributed by atoms with van der Waals surface area (Å²) in [5.41, 5.74) is 0.928. The molecule has 40 heavy (non-hydrogen) atoms. The fourth-order valence-electron chi connectivity index (χ4n) is 5.77. The lowest BCUT2D eigenvalue weighted by Crippen LogP contribution is -2.67.